The van der Waals surface area contributed by atoms with Crippen LogP contribution in [0, 0.1) is 0 Å². The van der Waals surface area contributed by atoms with Gasteiger partial charge in [-0.05, 0) is 12.8 Å². The van der Waals surface area contributed by atoms with Gasteiger partial charge in [0.1, 0.15) is 12.1 Å². The number of nitrogens with two attached hydrogens (primary N) is 1. The van der Waals surface area contributed by atoms with Crippen molar-refractivity contribution in [3.63, 3.8) is 0 Å². The highest BCUT2D eigenvalue weighted by Crippen LogP contribution is 2.09. The van der Waals surface area contributed by atoms with E-state index in [1.54, 1.807) is 6.92 Å². The van der Waals surface area contributed by atoms with Crippen molar-refractivity contribution in [2.24, 2.45) is 5.73 Å². The van der Waals surface area contributed by atoms with Gasteiger partial charge in [-0.2, -0.15) is 0 Å². The lowest BCUT2D eigenvalue weighted by atomic mass is 10.1. The highest BCUT2D eigenvalue weighted by atomic mass is 16.4. The number of carbonyl (C=O) groups excluding carboxylic acids is 3. The molecule has 0 bridgehead atoms. The van der Waals surface area contributed by atoms with E-state index in [9.17, 15) is 19.2 Å². The predicted octanol–water partition coefficient (Wildman–Crippen LogP) is -1.37. The normalized spacial score (nSPS) is 19.6. The van der Waals surface area contributed by atoms with Crippen LogP contribution in [0.2, 0.25) is 0 Å². The number of rotatable bonds is 6. The van der Waals surface area contributed by atoms with Gasteiger partial charge in [-0.3, -0.25) is 9.59 Å². The second kappa shape index (κ2) is 7.46. The molecule has 9 nitrogen and oxygen atoms in total. The quantitative estimate of drug-likeness (QED) is 0.478. The number of aliphatic carboxylic acids is 1. The minimum atomic E-state index is -1.25. The van der Waals surface area contributed by atoms with E-state index in [-0.39, 0.29) is 18.7 Å². The molecule has 1 aliphatic rings. The topological polar surface area (TPSA) is 142 Å². The van der Waals surface area contributed by atoms with Crippen LogP contribution in [-0.4, -0.2) is 59.0 Å². The highest BCUT2D eigenvalue weighted by molar-refractivity contribution is 5.90. The molecule has 1 saturated heterocycles. The fourth-order valence-electron chi connectivity index (χ4n) is 2.14. The Balaban J connectivity index is 2.69. The number of carboxylic acid groups (broad SMARTS) is 1. The zero-order valence-electron chi connectivity index (χ0n) is 11.8. The summed E-state index contributed by atoms with van der Waals surface area (Å²) < 4.78 is 0. The van der Waals surface area contributed by atoms with Crippen molar-refractivity contribution in [2.45, 2.75) is 38.3 Å². The van der Waals surface area contributed by atoms with Gasteiger partial charge >= 0.3 is 12.0 Å². The number of amides is 4. The van der Waals surface area contributed by atoms with E-state index in [0.29, 0.717) is 19.5 Å². The third-order valence-corrected chi connectivity index (χ3v) is 3.25. The van der Waals surface area contributed by atoms with Crippen LogP contribution in [0.1, 0.15) is 26.2 Å². The molecule has 1 fully saturated rings. The van der Waals surface area contributed by atoms with Crippen LogP contribution in [0.25, 0.3) is 0 Å². The molecule has 0 saturated carbocycles. The molecule has 5 N–H and O–H groups in total. The summed E-state index contributed by atoms with van der Waals surface area (Å²) in [6.07, 6.45) is 0.195. The molecule has 4 amide bonds. The van der Waals surface area contributed by atoms with Gasteiger partial charge in [0.25, 0.3) is 0 Å². The van der Waals surface area contributed by atoms with Gasteiger partial charge in [0, 0.05) is 19.5 Å². The molecular weight excluding hydrogens is 280 g/mol. The van der Waals surface area contributed by atoms with E-state index in [2.05, 4.69) is 10.6 Å². The lowest BCUT2D eigenvalue weighted by Gasteiger charge is -2.35. The minimum Gasteiger partial charge on any atom is -0.480 e. The first-order chi connectivity index (χ1) is 9.86. The van der Waals surface area contributed by atoms with Crippen molar-refractivity contribution in [2.75, 3.05) is 13.1 Å². The van der Waals surface area contributed by atoms with E-state index in [4.69, 9.17) is 10.8 Å². The maximum atomic E-state index is 12.1. The molecule has 21 heavy (non-hydrogen) atoms. The van der Waals surface area contributed by atoms with Crippen molar-refractivity contribution in [1.29, 1.82) is 0 Å². The molecular formula is C12H20N4O5. The zero-order valence-corrected chi connectivity index (χ0v) is 11.8. The molecule has 1 unspecified atom stereocenters. The van der Waals surface area contributed by atoms with Crippen molar-refractivity contribution < 1.29 is 24.3 Å². The lowest BCUT2D eigenvalue weighted by molar-refractivity contribution is -0.139. The number of urea groups is 1. The summed E-state index contributed by atoms with van der Waals surface area (Å²) in [5.74, 6) is -2.15. The Labute approximate surface area is 121 Å². The number of carboxylic acids is 1. The Bertz CT molecular complexity index is 439. The van der Waals surface area contributed by atoms with Crippen molar-refractivity contribution in [1.82, 2.24) is 15.5 Å². The molecule has 0 aliphatic carbocycles. The predicted molar refractivity (Wildman–Crippen MR) is 72.2 cm³/mol. The first-order valence-electron chi connectivity index (χ1n) is 6.72. The van der Waals surface area contributed by atoms with Crippen LogP contribution in [0.15, 0.2) is 0 Å². The van der Waals surface area contributed by atoms with Crippen molar-refractivity contribution in [3.05, 3.63) is 0 Å². The standard InChI is InChI=1S/C12H20N4O5/c1-2-8-10(18)14-5-6-16(8)12(21)15-7(11(19)20)3-4-9(13)17/h7-8H,2-6H2,1H3,(H2,13,17)(H,14,18)(H,15,21)(H,19,20)/t7-,8?/m0/s1. The molecule has 1 aliphatic heterocycles. The fraction of sp³-hybridized carbons (Fsp3) is 0.667. The van der Waals surface area contributed by atoms with Gasteiger partial charge in [0.05, 0.1) is 0 Å². The average molecular weight is 300 g/mol. The summed E-state index contributed by atoms with van der Waals surface area (Å²) in [7, 11) is 0. The van der Waals surface area contributed by atoms with E-state index >= 15 is 0 Å². The van der Waals surface area contributed by atoms with E-state index in [1.807, 2.05) is 0 Å². The molecule has 0 aromatic rings. The summed E-state index contributed by atoms with van der Waals surface area (Å²) >= 11 is 0. The number of hydrogen-bond donors (Lipinski definition) is 4. The van der Waals surface area contributed by atoms with Gasteiger partial charge < -0.3 is 26.4 Å². The van der Waals surface area contributed by atoms with Gasteiger partial charge in [-0.15, -0.1) is 0 Å². The Morgan fingerprint density at radius 3 is 2.71 bits per heavy atom. The van der Waals surface area contributed by atoms with Crippen LogP contribution in [0.3, 0.4) is 0 Å². The van der Waals surface area contributed by atoms with Crippen molar-refractivity contribution in [3.8, 4) is 0 Å². The van der Waals surface area contributed by atoms with Crippen LogP contribution >= 0.6 is 0 Å². The maximum absolute atomic E-state index is 12.1. The van der Waals surface area contributed by atoms with Crippen LogP contribution in [0.5, 0.6) is 0 Å². The van der Waals surface area contributed by atoms with E-state index in [0.717, 1.165) is 0 Å². The molecule has 9 heteroatoms. The molecule has 1 heterocycles. The third kappa shape index (κ3) is 4.62. The summed E-state index contributed by atoms with van der Waals surface area (Å²) in [6, 6.07) is -2.47. The van der Waals surface area contributed by atoms with Gasteiger partial charge in [0.2, 0.25) is 11.8 Å². The SMILES string of the molecule is CCC1C(=O)NCCN1C(=O)N[C@@H](CCC(N)=O)C(=O)O. The van der Waals surface area contributed by atoms with Crippen LogP contribution in [0.4, 0.5) is 4.79 Å². The number of hydrogen-bond acceptors (Lipinski definition) is 4. The minimum absolute atomic E-state index is 0.0900. The molecule has 0 spiro atoms. The average Bonchev–Trinajstić information content (AvgIpc) is 2.42. The number of nitrogens with one attached hydrogen (secondary N) is 2. The second-order valence-corrected chi connectivity index (χ2v) is 4.75. The second-order valence-electron chi connectivity index (χ2n) is 4.75. The number of primary amides is 1. The monoisotopic (exact) mass is 300 g/mol. The summed E-state index contributed by atoms with van der Waals surface area (Å²) in [5, 5.41) is 14.0. The molecule has 118 valence electrons. The van der Waals surface area contributed by atoms with Crippen LogP contribution in [-0.2, 0) is 14.4 Å². The zero-order chi connectivity index (χ0) is 16.0. The van der Waals surface area contributed by atoms with Gasteiger partial charge in [0.15, 0.2) is 0 Å². The van der Waals surface area contributed by atoms with E-state index in [1.165, 1.54) is 4.90 Å². The van der Waals surface area contributed by atoms with E-state index < -0.39 is 30.0 Å². The molecule has 0 aromatic heterocycles. The molecule has 0 radical (unpaired) electrons. The van der Waals surface area contributed by atoms with Crippen molar-refractivity contribution >= 4 is 23.8 Å². The van der Waals surface area contributed by atoms with Gasteiger partial charge in [-0.1, -0.05) is 6.92 Å². The smallest absolute Gasteiger partial charge is 0.326 e. The Morgan fingerprint density at radius 1 is 1.52 bits per heavy atom. The van der Waals surface area contributed by atoms with Gasteiger partial charge in [-0.25, -0.2) is 9.59 Å². The molecule has 0 aromatic carbocycles. The Morgan fingerprint density at radius 2 is 2.19 bits per heavy atom. The summed E-state index contributed by atoms with van der Waals surface area (Å²) in [4.78, 5) is 46.9. The summed E-state index contributed by atoms with van der Waals surface area (Å²) in [6.45, 7) is 2.39. The summed E-state index contributed by atoms with van der Waals surface area (Å²) in [5.41, 5.74) is 4.97. The number of carbonyl (C=O) groups is 4. The highest BCUT2D eigenvalue weighted by Gasteiger charge is 2.33. The first-order valence-corrected chi connectivity index (χ1v) is 6.72. The first kappa shape index (κ1) is 16.7. The number of piperazine rings is 1. The number of nitrogens with zero attached hydrogens (tertiary/aromatic N) is 1. The largest absolute Gasteiger partial charge is 0.480 e. The Hall–Kier alpha value is -2.32. The fourth-order valence-corrected chi connectivity index (χ4v) is 2.14. The third-order valence-electron chi connectivity index (χ3n) is 3.25. The maximum Gasteiger partial charge on any atom is 0.326 e. The molecule has 1 rings (SSSR count). The van der Waals surface area contributed by atoms with Crippen LogP contribution < -0.4 is 16.4 Å². The molecule has 2 atom stereocenters. The Kier molecular flexibility index (Phi) is 5.94. The lowest BCUT2D eigenvalue weighted by Crippen LogP contribution is -2.60.